The molecule has 1 aliphatic rings. The van der Waals surface area contributed by atoms with Crippen molar-refractivity contribution in [3.05, 3.63) is 29.8 Å². The number of nitrogens with zero attached hydrogens (tertiary/aromatic N) is 1. The second-order valence-corrected chi connectivity index (χ2v) is 7.35. The lowest BCUT2D eigenvalue weighted by Crippen LogP contribution is -2.39. The Kier molecular flexibility index (Phi) is 4.32. The number of alkyl halides is 3. The van der Waals surface area contributed by atoms with Crippen molar-refractivity contribution in [1.82, 2.24) is 4.31 Å². The third-order valence-electron chi connectivity index (χ3n) is 3.60. The van der Waals surface area contributed by atoms with Crippen molar-refractivity contribution in [2.45, 2.75) is 30.0 Å². The monoisotopic (exact) mass is 323 g/mol. The van der Waals surface area contributed by atoms with Crippen LogP contribution in [0.4, 0.5) is 13.2 Å². The summed E-state index contributed by atoms with van der Waals surface area (Å²) in [7, 11) is -2.63. The molecule has 0 bridgehead atoms. The first kappa shape index (κ1) is 16.3. The molecule has 1 saturated carbocycles. The highest BCUT2D eigenvalue weighted by molar-refractivity contribution is 7.89. The fraction of sp³-hybridized carbons (Fsp3) is 0.538. The van der Waals surface area contributed by atoms with E-state index in [1.54, 1.807) is 0 Å². The minimum atomic E-state index is -4.58. The maximum Gasteiger partial charge on any atom is 0.416 e. The zero-order valence-electron chi connectivity index (χ0n) is 11.3. The first-order valence-electron chi connectivity index (χ1n) is 6.42. The van der Waals surface area contributed by atoms with Crippen molar-refractivity contribution in [1.29, 1.82) is 0 Å². The van der Waals surface area contributed by atoms with Crippen molar-refractivity contribution in [3.63, 3.8) is 0 Å². The van der Waals surface area contributed by atoms with Crippen molar-refractivity contribution >= 4 is 10.0 Å². The number of hydrogen-bond acceptors (Lipinski definition) is 3. The lowest BCUT2D eigenvalue weighted by atomic mass is 9.82. The van der Waals surface area contributed by atoms with Gasteiger partial charge in [0.05, 0.1) is 16.6 Å². The SMILES string of the molecule is CN(CC1CC(O)C1)S(=O)(=O)c1cccc(C(F)(F)F)c1. The molecule has 1 aromatic rings. The van der Waals surface area contributed by atoms with Crippen LogP contribution < -0.4 is 0 Å². The van der Waals surface area contributed by atoms with Gasteiger partial charge < -0.3 is 5.11 Å². The summed E-state index contributed by atoms with van der Waals surface area (Å²) in [6.07, 6.45) is -3.95. The molecule has 0 aromatic heterocycles. The van der Waals surface area contributed by atoms with Gasteiger partial charge in [-0.25, -0.2) is 12.7 Å². The van der Waals surface area contributed by atoms with Gasteiger partial charge in [0.25, 0.3) is 0 Å². The van der Waals surface area contributed by atoms with Gasteiger partial charge in [0.2, 0.25) is 10.0 Å². The number of benzene rings is 1. The van der Waals surface area contributed by atoms with E-state index < -0.39 is 27.9 Å². The molecular weight excluding hydrogens is 307 g/mol. The van der Waals surface area contributed by atoms with Crippen molar-refractivity contribution in [2.24, 2.45) is 5.92 Å². The van der Waals surface area contributed by atoms with Crippen molar-refractivity contribution < 1.29 is 26.7 Å². The van der Waals surface area contributed by atoms with Crippen molar-refractivity contribution in [2.75, 3.05) is 13.6 Å². The van der Waals surface area contributed by atoms with E-state index in [2.05, 4.69) is 0 Å². The lowest BCUT2D eigenvalue weighted by molar-refractivity contribution is -0.137. The summed E-state index contributed by atoms with van der Waals surface area (Å²) >= 11 is 0. The highest BCUT2D eigenvalue weighted by Gasteiger charge is 2.34. The fourth-order valence-electron chi connectivity index (χ4n) is 2.32. The van der Waals surface area contributed by atoms with Crippen LogP contribution >= 0.6 is 0 Å². The molecule has 0 saturated heterocycles. The molecule has 2 rings (SSSR count). The Morgan fingerprint density at radius 2 is 1.95 bits per heavy atom. The number of hydrogen-bond donors (Lipinski definition) is 1. The summed E-state index contributed by atoms with van der Waals surface area (Å²) in [6.45, 7) is 0.190. The predicted molar refractivity (Wildman–Crippen MR) is 70.0 cm³/mol. The average molecular weight is 323 g/mol. The molecule has 4 nitrogen and oxygen atoms in total. The first-order chi connectivity index (χ1) is 9.60. The van der Waals surface area contributed by atoms with Gasteiger partial charge >= 0.3 is 6.18 Å². The number of sulfonamides is 1. The molecule has 1 fully saturated rings. The molecule has 1 N–H and O–H groups in total. The topological polar surface area (TPSA) is 57.6 Å². The molecule has 0 unspecified atom stereocenters. The van der Waals surface area contributed by atoms with Crippen LogP contribution in [0.15, 0.2) is 29.2 Å². The summed E-state index contributed by atoms with van der Waals surface area (Å²) in [6, 6.07) is 3.70. The van der Waals surface area contributed by atoms with Crippen LogP contribution in [-0.2, 0) is 16.2 Å². The maximum atomic E-state index is 12.6. The second-order valence-electron chi connectivity index (χ2n) is 5.30. The largest absolute Gasteiger partial charge is 0.416 e. The van der Waals surface area contributed by atoms with Crippen LogP contribution in [0.3, 0.4) is 0 Å². The molecule has 1 aliphatic carbocycles. The van der Waals surface area contributed by atoms with E-state index >= 15 is 0 Å². The van der Waals surface area contributed by atoms with Crippen LogP contribution in [0.5, 0.6) is 0 Å². The Morgan fingerprint density at radius 3 is 2.48 bits per heavy atom. The minimum absolute atomic E-state index is 0.0468. The minimum Gasteiger partial charge on any atom is -0.393 e. The zero-order chi connectivity index (χ0) is 15.8. The molecule has 0 spiro atoms. The Bertz CT molecular complexity index is 609. The standard InChI is InChI=1S/C13H16F3NO3S/c1-17(8-9-5-11(18)6-9)21(19,20)12-4-2-3-10(7-12)13(14,15)16/h2-4,7,9,11,18H,5-6,8H2,1H3. The molecule has 0 atom stereocenters. The van der Waals surface area contributed by atoms with Gasteiger partial charge in [0.1, 0.15) is 0 Å². The third kappa shape index (κ3) is 3.56. The van der Waals surface area contributed by atoms with E-state index in [0.29, 0.717) is 18.9 Å². The van der Waals surface area contributed by atoms with Gasteiger partial charge in [-0.1, -0.05) is 6.07 Å². The Morgan fingerprint density at radius 1 is 1.33 bits per heavy atom. The molecule has 8 heteroatoms. The quantitative estimate of drug-likeness (QED) is 0.923. The normalized spacial score (nSPS) is 23.1. The van der Waals surface area contributed by atoms with E-state index in [0.717, 1.165) is 22.5 Å². The van der Waals surface area contributed by atoms with Crippen LogP contribution in [0.1, 0.15) is 18.4 Å². The number of aliphatic hydroxyl groups excluding tert-OH is 1. The lowest BCUT2D eigenvalue weighted by Gasteiger charge is -2.34. The van der Waals surface area contributed by atoms with Gasteiger partial charge in [0, 0.05) is 13.6 Å². The van der Waals surface area contributed by atoms with E-state index in [4.69, 9.17) is 0 Å². The summed E-state index contributed by atoms with van der Waals surface area (Å²) < 4.78 is 63.5. The van der Waals surface area contributed by atoms with Crippen LogP contribution in [-0.4, -0.2) is 37.5 Å². The van der Waals surface area contributed by atoms with E-state index in [-0.39, 0.29) is 17.4 Å². The maximum absolute atomic E-state index is 12.6. The Balaban J connectivity index is 2.19. The van der Waals surface area contributed by atoms with E-state index in [1.807, 2.05) is 0 Å². The third-order valence-corrected chi connectivity index (χ3v) is 5.42. The smallest absolute Gasteiger partial charge is 0.393 e. The Labute approximate surface area is 121 Å². The first-order valence-corrected chi connectivity index (χ1v) is 7.86. The summed E-state index contributed by atoms with van der Waals surface area (Å²) in [5.74, 6) is 0.0468. The van der Waals surface area contributed by atoms with Crippen LogP contribution in [0.25, 0.3) is 0 Å². The highest BCUT2D eigenvalue weighted by Crippen LogP contribution is 2.32. The molecule has 0 radical (unpaired) electrons. The van der Waals surface area contributed by atoms with Gasteiger partial charge in [-0.05, 0) is 37.0 Å². The molecule has 118 valence electrons. The molecule has 21 heavy (non-hydrogen) atoms. The molecular formula is C13H16F3NO3S. The molecule has 0 heterocycles. The Hall–Kier alpha value is -1.12. The summed E-state index contributed by atoms with van der Waals surface area (Å²) in [5.41, 5.74) is -0.990. The average Bonchev–Trinajstić information content (AvgIpc) is 2.36. The van der Waals surface area contributed by atoms with E-state index in [9.17, 15) is 26.7 Å². The zero-order valence-corrected chi connectivity index (χ0v) is 12.2. The predicted octanol–water partition coefficient (Wildman–Crippen LogP) is 2.10. The highest BCUT2D eigenvalue weighted by atomic mass is 32.2. The van der Waals surface area contributed by atoms with Crippen LogP contribution in [0.2, 0.25) is 0 Å². The molecule has 0 aliphatic heterocycles. The van der Waals surface area contributed by atoms with Crippen molar-refractivity contribution in [3.8, 4) is 0 Å². The second kappa shape index (κ2) is 5.58. The van der Waals surface area contributed by atoms with Gasteiger partial charge in [-0.3, -0.25) is 0 Å². The fourth-order valence-corrected chi connectivity index (χ4v) is 3.62. The van der Waals surface area contributed by atoms with Gasteiger partial charge in [0.15, 0.2) is 0 Å². The number of aliphatic hydroxyl groups is 1. The number of rotatable bonds is 4. The van der Waals surface area contributed by atoms with Crippen LogP contribution in [0, 0.1) is 5.92 Å². The van der Waals surface area contributed by atoms with Gasteiger partial charge in [-0.15, -0.1) is 0 Å². The van der Waals surface area contributed by atoms with E-state index in [1.165, 1.54) is 7.05 Å². The van der Waals surface area contributed by atoms with Gasteiger partial charge in [-0.2, -0.15) is 13.2 Å². The molecule has 1 aromatic carbocycles. The summed E-state index contributed by atoms with van der Waals surface area (Å²) in [5, 5.41) is 9.18. The number of halogens is 3. The summed E-state index contributed by atoms with van der Waals surface area (Å²) in [4.78, 5) is -0.375. The molecule has 0 amide bonds.